The Bertz CT molecular complexity index is 853. The Hall–Kier alpha value is -2.08. The van der Waals surface area contributed by atoms with Gasteiger partial charge in [-0.1, -0.05) is 30.3 Å². The number of aromatic nitrogens is 1. The summed E-state index contributed by atoms with van der Waals surface area (Å²) in [7, 11) is 0. The maximum absolute atomic E-state index is 12.3. The quantitative estimate of drug-likeness (QED) is 0.525. The molecule has 5 nitrogen and oxygen atoms in total. The molecule has 1 saturated heterocycles. The highest BCUT2D eigenvalue weighted by atomic mass is 79.9. The lowest BCUT2D eigenvalue weighted by molar-refractivity contribution is 0.0796. The Balaban J connectivity index is 1.13. The number of amides is 1. The summed E-state index contributed by atoms with van der Waals surface area (Å²) < 4.78 is 12.3. The second-order valence-corrected chi connectivity index (χ2v) is 9.35. The van der Waals surface area contributed by atoms with Crippen molar-refractivity contribution in [3.63, 3.8) is 0 Å². The van der Waals surface area contributed by atoms with Gasteiger partial charge in [0.05, 0.1) is 6.61 Å². The summed E-state index contributed by atoms with van der Waals surface area (Å²) in [5, 5.41) is 0. The normalized spacial score (nSPS) is 21.3. The summed E-state index contributed by atoms with van der Waals surface area (Å²) >= 11 is 3.43. The molecule has 6 heteroatoms. The van der Waals surface area contributed by atoms with Crippen LogP contribution in [0.1, 0.15) is 36.8 Å². The Morgan fingerprint density at radius 2 is 2.00 bits per heavy atom. The minimum Gasteiger partial charge on any atom is -0.477 e. The molecule has 0 unspecified atom stereocenters. The predicted molar refractivity (Wildman–Crippen MR) is 119 cm³/mol. The zero-order valence-corrected chi connectivity index (χ0v) is 19.0. The van der Waals surface area contributed by atoms with Crippen LogP contribution in [0.15, 0.2) is 47.1 Å². The highest BCUT2D eigenvalue weighted by molar-refractivity contribution is 9.10. The van der Waals surface area contributed by atoms with Crippen LogP contribution < -0.4 is 4.74 Å². The minimum atomic E-state index is -0.185. The van der Waals surface area contributed by atoms with Crippen LogP contribution in [0.25, 0.3) is 0 Å². The number of carbonyl (C=O) groups is 1. The number of likely N-dealkylation sites (tertiary alicyclic amines) is 1. The first-order valence-corrected chi connectivity index (χ1v) is 11.6. The van der Waals surface area contributed by atoms with Crippen LogP contribution in [0.4, 0.5) is 4.79 Å². The van der Waals surface area contributed by atoms with Crippen molar-refractivity contribution < 1.29 is 14.3 Å². The average molecular weight is 473 g/mol. The number of ether oxygens (including phenoxy) is 2. The minimum absolute atomic E-state index is 0.185. The number of benzene rings is 1. The molecule has 0 radical (unpaired) electrons. The van der Waals surface area contributed by atoms with Crippen LogP contribution in [0.5, 0.6) is 5.88 Å². The summed E-state index contributed by atoms with van der Waals surface area (Å²) in [6.07, 6.45) is 6.13. The maximum atomic E-state index is 12.3. The number of aryl methyl sites for hydroxylation is 1. The molecular weight excluding hydrogens is 444 g/mol. The van der Waals surface area contributed by atoms with Gasteiger partial charge in [0.25, 0.3) is 0 Å². The van der Waals surface area contributed by atoms with Gasteiger partial charge in [0.1, 0.15) is 6.61 Å². The first-order chi connectivity index (χ1) is 14.6. The summed E-state index contributed by atoms with van der Waals surface area (Å²) in [6, 6.07) is 11.9. The van der Waals surface area contributed by atoms with E-state index < -0.39 is 0 Å². The Morgan fingerprint density at radius 1 is 1.23 bits per heavy atom. The van der Waals surface area contributed by atoms with E-state index in [-0.39, 0.29) is 6.09 Å². The van der Waals surface area contributed by atoms with Crippen molar-refractivity contribution in [2.75, 3.05) is 19.7 Å². The van der Waals surface area contributed by atoms with Crippen LogP contribution in [0.3, 0.4) is 0 Å². The SMILES string of the molecule is Cc1cc(Br)cnc1OCC[C@@H]1C[C@@H]1C1CCN(C(=O)OCc2ccccc2)CC1. The molecule has 0 bridgehead atoms. The highest BCUT2D eigenvalue weighted by Crippen LogP contribution is 2.49. The van der Waals surface area contributed by atoms with Gasteiger partial charge in [0.15, 0.2) is 0 Å². The molecule has 2 atom stereocenters. The number of hydrogen-bond donors (Lipinski definition) is 0. The first kappa shape index (κ1) is 21.2. The van der Waals surface area contributed by atoms with E-state index in [0.717, 1.165) is 78.2 Å². The van der Waals surface area contributed by atoms with E-state index in [1.54, 1.807) is 6.20 Å². The van der Waals surface area contributed by atoms with Crippen molar-refractivity contribution in [3.8, 4) is 5.88 Å². The first-order valence-electron chi connectivity index (χ1n) is 10.8. The lowest BCUT2D eigenvalue weighted by Crippen LogP contribution is -2.39. The molecule has 1 saturated carbocycles. The van der Waals surface area contributed by atoms with Crippen molar-refractivity contribution in [1.29, 1.82) is 0 Å². The van der Waals surface area contributed by atoms with E-state index in [2.05, 4.69) is 20.9 Å². The number of carbonyl (C=O) groups excluding carboxylic acids is 1. The fraction of sp³-hybridized carbons (Fsp3) is 0.500. The third-order valence-electron chi connectivity index (χ3n) is 6.31. The van der Waals surface area contributed by atoms with Crippen molar-refractivity contribution in [1.82, 2.24) is 9.88 Å². The van der Waals surface area contributed by atoms with Crippen LogP contribution >= 0.6 is 15.9 Å². The number of piperidine rings is 1. The molecule has 160 valence electrons. The van der Waals surface area contributed by atoms with Gasteiger partial charge in [0, 0.05) is 29.3 Å². The summed E-state index contributed by atoms with van der Waals surface area (Å²) in [4.78, 5) is 18.5. The molecule has 2 heterocycles. The number of pyridine rings is 1. The molecule has 30 heavy (non-hydrogen) atoms. The zero-order valence-electron chi connectivity index (χ0n) is 17.4. The molecule has 1 aromatic carbocycles. The van der Waals surface area contributed by atoms with Crippen LogP contribution in [0, 0.1) is 24.7 Å². The summed E-state index contributed by atoms with van der Waals surface area (Å²) in [5.74, 6) is 3.00. The third kappa shape index (κ3) is 5.54. The Labute approximate surface area is 186 Å². The molecule has 2 fully saturated rings. The maximum Gasteiger partial charge on any atom is 0.410 e. The van der Waals surface area contributed by atoms with E-state index in [9.17, 15) is 4.79 Å². The number of halogens is 1. The highest BCUT2D eigenvalue weighted by Gasteiger charge is 2.43. The molecule has 1 aliphatic carbocycles. The second-order valence-electron chi connectivity index (χ2n) is 8.44. The van der Waals surface area contributed by atoms with Gasteiger partial charge in [0.2, 0.25) is 5.88 Å². The number of rotatable bonds is 7. The molecular formula is C24H29BrN2O3. The third-order valence-corrected chi connectivity index (χ3v) is 6.74. The molecule has 2 aromatic rings. The van der Waals surface area contributed by atoms with Gasteiger partial charge in [-0.3, -0.25) is 0 Å². The second kappa shape index (κ2) is 9.82. The molecule has 2 aliphatic rings. The fourth-order valence-corrected chi connectivity index (χ4v) is 4.93. The van der Waals surface area contributed by atoms with Gasteiger partial charge < -0.3 is 14.4 Å². The molecule has 0 spiro atoms. The lowest BCUT2D eigenvalue weighted by Gasteiger charge is -2.31. The van der Waals surface area contributed by atoms with Crippen molar-refractivity contribution in [3.05, 3.63) is 58.2 Å². The Morgan fingerprint density at radius 3 is 2.73 bits per heavy atom. The molecule has 1 aromatic heterocycles. The van der Waals surface area contributed by atoms with Crippen LogP contribution in [0.2, 0.25) is 0 Å². The van der Waals surface area contributed by atoms with Crippen molar-refractivity contribution in [2.45, 2.75) is 39.2 Å². The number of nitrogens with zero attached hydrogens (tertiary/aromatic N) is 2. The smallest absolute Gasteiger partial charge is 0.410 e. The van der Waals surface area contributed by atoms with Gasteiger partial charge in [-0.25, -0.2) is 9.78 Å². The molecule has 1 amide bonds. The average Bonchev–Trinajstić information content (AvgIpc) is 3.54. The van der Waals surface area contributed by atoms with Gasteiger partial charge in [-0.05, 0) is 77.9 Å². The monoisotopic (exact) mass is 472 g/mol. The fourth-order valence-electron chi connectivity index (χ4n) is 4.49. The predicted octanol–water partition coefficient (Wildman–Crippen LogP) is 5.61. The summed E-state index contributed by atoms with van der Waals surface area (Å²) in [5.41, 5.74) is 2.08. The van der Waals surface area contributed by atoms with E-state index in [1.807, 2.05) is 48.2 Å². The van der Waals surface area contributed by atoms with E-state index >= 15 is 0 Å². The largest absolute Gasteiger partial charge is 0.477 e. The van der Waals surface area contributed by atoms with Gasteiger partial charge in [-0.15, -0.1) is 0 Å². The van der Waals surface area contributed by atoms with Gasteiger partial charge in [-0.2, -0.15) is 0 Å². The molecule has 0 N–H and O–H groups in total. The lowest BCUT2D eigenvalue weighted by atomic mass is 9.91. The van der Waals surface area contributed by atoms with Crippen molar-refractivity contribution >= 4 is 22.0 Å². The zero-order chi connectivity index (χ0) is 20.9. The van der Waals surface area contributed by atoms with Gasteiger partial charge >= 0.3 is 6.09 Å². The van der Waals surface area contributed by atoms with Crippen LogP contribution in [-0.2, 0) is 11.3 Å². The Kier molecular flexibility index (Phi) is 6.93. The standard InChI is InChI=1S/C24H29BrN2O3/c1-17-13-21(25)15-26-23(17)29-12-9-20-14-22(20)19-7-10-27(11-8-19)24(28)30-16-18-5-3-2-4-6-18/h2-6,13,15,19-20,22H,7-12,14,16H2,1H3/t20-,22-/m1/s1. The van der Waals surface area contributed by atoms with E-state index in [1.165, 1.54) is 6.42 Å². The van der Waals surface area contributed by atoms with E-state index in [4.69, 9.17) is 9.47 Å². The van der Waals surface area contributed by atoms with Crippen molar-refractivity contribution in [2.24, 2.45) is 17.8 Å². The molecule has 1 aliphatic heterocycles. The van der Waals surface area contributed by atoms with E-state index in [0.29, 0.717) is 6.61 Å². The topological polar surface area (TPSA) is 51.7 Å². The summed E-state index contributed by atoms with van der Waals surface area (Å²) in [6.45, 7) is 4.70. The molecule has 4 rings (SSSR count). The number of hydrogen-bond acceptors (Lipinski definition) is 4. The van der Waals surface area contributed by atoms with Crippen LogP contribution in [-0.4, -0.2) is 35.7 Å².